The highest BCUT2D eigenvalue weighted by Crippen LogP contribution is 2.44. The summed E-state index contributed by atoms with van der Waals surface area (Å²) in [6.07, 6.45) is 2.01. The van der Waals surface area contributed by atoms with E-state index in [-0.39, 0.29) is 5.91 Å². The molecule has 4 heteroatoms. The first-order chi connectivity index (χ1) is 10.2. The summed E-state index contributed by atoms with van der Waals surface area (Å²) in [5.74, 6) is 0.0618. The number of nitrogens with two attached hydrogens (primary N) is 1. The fraction of sp³-hybridized carbons (Fsp3) is 0.353. The summed E-state index contributed by atoms with van der Waals surface area (Å²) in [6, 6.07) is 8.36. The number of nitrogens with zero attached hydrogens (tertiary/aromatic N) is 1. The summed E-state index contributed by atoms with van der Waals surface area (Å²) >= 11 is 1.58. The van der Waals surface area contributed by atoms with Crippen molar-refractivity contribution in [3.8, 4) is 11.1 Å². The lowest BCUT2D eigenvalue weighted by molar-refractivity contribution is 0.0775. The number of thiophene rings is 1. The Balaban J connectivity index is 2.17. The van der Waals surface area contributed by atoms with E-state index in [0.717, 1.165) is 18.4 Å². The second-order valence-corrected chi connectivity index (χ2v) is 6.41. The normalized spacial score (nSPS) is 12.7. The molecule has 3 rings (SSSR count). The maximum absolute atomic E-state index is 12.8. The molecule has 3 nitrogen and oxygen atoms in total. The van der Waals surface area contributed by atoms with Crippen molar-refractivity contribution in [1.29, 1.82) is 0 Å². The average Bonchev–Trinajstić information content (AvgIpc) is 2.84. The lowest BCUT2D eigenvalue weighted by Gasteiger charge is -2.22. The van der Waals surface area contributed by atoms with Crippen LogP contribution in [0.4, 0.5) is 5.00 Å². The van der Waals surface area contributed by atoms with E-state index >= 15 is 0 Å². The minimum atomic E-state index is 0.0618. The molecule has 1 aliphatic carbocycles. The smallest absolute Gasteiger partial charge is 0.257 e. The van der Waals surface area contributed by atoms with Gasteiger partial charge in [-0.2, -0.15) is 0 Å². The number of aryl methyl sites for hydroxylation is 2. The molecule has 0 saturated heterocycles. The van der Waals surface area contributed by atoms with E-state index in [4.69, 9.17) is 5.73 Å². The molecular weight excluding hydrogens is 280 g/mol. The van der Waals surface area contributed by atoms with Crippen molar-refractivity contribution in [2.24, 2.45) is 0 Å². The van der Waals surface area contributed by atoms with Gasteiger partial charge >= 0.3 is 0 Å². The van der Waals surface area contributed by atoms with Gasteiger partial charge in [0.2, 0.25) is 0 Å². The van der Waals surface area contributed by atoms with Gasteiger partial charge in [-0.05, 0) is 37.8 Å². The Hall–Kier alpha value is -1.81. The number of fused-ring (bicyclic) bond motifs is 3. The number of anilines is 1. The highest BCUT2D eigenvalue weighted by Gasteiger charge is 2.29. The first-order valence-electron chi connectivity index (χ1n) is 7.46. The van der Waals surface area contributed by atoms with Crippen molar-refractivity contribution in [1.82, 2.24) is 4.90 Å². The maximum atomic E-state index is 12.8. The summed E-state index contributed by atoms with van der Waals surface area (Å²) in [6.45, 7) is 5.43. The van der Waals surface area contributed by atoms with Crippen molar-refractivity contribution in [3.05, 3.63) is 40.3 Å². The van der Waals surface area contributed by atoms with E-state index in [1.54, 1.807) is 11.3 Å². The number of rotatable bonds is 3. The molecule has 1 aromatic heterocycles. The predicted molar refractivity (Wildman–Crippen MR) is 88.8 cm³/mol. The van der Waals surface area contributed by atoms with Crippen LogP contribution in [-0.2, 0) is 12.8 Å². The quantitative estimate of drug-likeness (QED) is 0.941. The first kappa shape index (κ1) is 14.1. The Bertz CT molecular complexity index is 686. The third kappa shape index (κ3) is 2.23. The molecule has 0 bridgehead atoms. The second kappa shape index (κ2) is 5.53. The second-order valence-electron chi connectivity index (χ2n) is 5.27. The van der Waals surface area contributed by atoms with Crippen LogP contribution in [-0.4, -0.2) is 23.9 Å². The average molecular weight is 300 g/mol. The molecule has 1 amide bonds. The van der Waals surface area contributed by atoms with Crippen molar-refractivity contribution in [2.45, 2.75) is 26.7 Å². The van der Waals surface area contributed by atoms with Gasteiger partial charge in [-0.3, -0.25) is 4.79 Å². The molecule has 1 aromatic carbocycles. The third-order valence-corrected chi connectivity index (χ3v) is 5.26. The van der Waals surface area contributed by atoms with Crippen LogP contribution < -0.4 is 5.73 Å². The molecular formula is C17H20N2OS. The van der Waals surface area contributed by atoms with Crippen LogP contribution in [0.25, 0.3) is 11.1 Å². The lowest BCUT2D eigenvalue weighted by Crippen LogP contribution is -2.31. The monoisotopic (exact) mass is 300 g/mol. The van der Waals surface area contributed by atoms with Gasteiger partial charge in [0.1, 0.15) is 0 Å². The molecule has 2 N–H and O–H groups in total. The van der Waals surface area contributed by atoms with Gasteiger partial charge in [-0.25, -0.2) is 0 Å². The van der Waals surface area contributed by atoms with Crippen molar-refractivity contribution in [2.75, 3.05) is 18.8 Å². The third-order valence-electron chi connectivity index (χ3n) is 4.18. The van der Waals surface area contributed by atoms with E-state index in [9.17, 15) is 4.79 Å². The summed E-state index contributed by atoms with van der Waals surface area (Å²) in [4.78, 5) is 15.9. The molecule has 0 aliphatic heterocycles. The number of hydrogen-bond donors (Lipinski definition) is 1. The van der Waals surface area contributed by atoms with E-state index in [1.165, 1.54) is 16.0 Å². The number of benzene rings is 1. The molecule has 110 valence electrons. The van der Waals surface area contributed by atoms with Gasteiger partial charge < -0.3 is 10.6 Å². The zero-order valence-corrected chi connectivity index (χ0v) is 13.3. The summed E-state index contributed by atoms with van der Waals surface area (Å²) in [5, 5.41) is 0.661. The number of hydrogen-bond acceptors (Lipinski definition) is 3. The van der Waals surface area contributed by atoms with Crippen LogP contribution in [0.1, 0.15) is 34.6 Å². The summed E-state index contributed by atoms with van der Waals surface area (Å²) in [7, 11) is 0. The van der Waals surface area contributed by atoms with Crippen LogP contribution in [0.2, 0.25) is 0 Å². The van der Waals surface area contributed by atoms with E-state index in [1.807, 2.05) is 24.8 Å². The van der Waals surface area contributed by atoms with E-state index < -0.39 is 0 Å². The Morgan fingerprint density at radius 2 is 1.95 bits per heavy atom. The Morgan fingerprint density at radius 3 is 2.67 bits per heavy atom. The Morgan fingerprint density at radius 1 is 1.24 bits per heavy atom. The van der Waals surface area contributed by atoms with Crippen LogP contribution in [0, 0.1) is 0 Å². The maximum Gasteiger partial charge on any atom is 0.257 e. The van der Waals surface area contributed by atoms with Crippen LogP contribution in [0.3, 0.4) is 0 Å². The van der Waals surface area contributed by atoms with Crippen molar-refractivity contribution >= 4 is 22.2 Å². The first-order valence-corrected chi connectivity index (χ1v) is 8.27. The Kier molecular flexibility index (Phi) is 3.72. The predicted octanol–water partition coefficient (Wildman–Crippen LogP) is 3.58. The number of carbonyl (C=O) groups excluding carboxylic acids is 1. The van der Waals surface area contributed by atoms with E-state index in [2.05, 4.69) is 18.2 Å². The number of nitrogen functional groups attached to an aromatic ring is 1. The fourth-order valence-corrected chi connectivity index (χ4v) is 4.15. The van der Waals surface area contributed by atoms with Gasteiger partial charge in [0, 0.05) is 23.5 Å². The van der Waals surface area contributed by atoms with Gasteiger partial charge in [0.15, 0.2) is 0 Å². The molecule has 0 fully saturated rings. The molecule has 21 heavy (non-hydrogen) atoms. The SMILES string of the molecule is CCN(CC)C(=O)c1c(N)sc2c1-c1ccccc1CC2. The van der Waals surface area contributed by atoms with Gasteiger partial charge in [-0.15, -0.1) is 11.3 Å². The zero-order valence-electron chi connectivity index (χ0n) is 12.5. The summed E-state index contributed by atoms with van der Waals surface area (Å²) in [5.41, 5.74) is 10.5. The van der Waals surface area contributed by atoms with Gasteiger partial charge in [0.05, 0.1) is 10.6 Å². The standard InChI is InChI=1S/C17H20N2OS/c1-3-19(4-2)17(20)15-14-12-8-6-5-7-11(12)9-10-13(14)21-16(15)18/h5-8H,3-4,9-10,18H2,1-2H3. The molecule has 0 radical (unpaired) electrons. The zero-order chi connectivity index (χ0) is 15.0. The number of carbonyl (C=O) groups is 1. The Labute approximate surface area is 129 Å². The molecule has 0 unspecified atom stereocenters. The molecule has 2 aromatic rings. The minimum Gasteiger partial charge on any atom is -0.390 e. The van der Waals surface area contributed by atoms with Crippen LogP contribution in [0.5, 0.6) is 0 Å². The highest BCUT2D eigenvalue weighted by molar-refractivity contribution is 7.17. The molecule has 1 aliphatic rings. The minimum absolute atomic E-state index is 0.0618. The lowest BCUT2D eigenvalue weighted by atomic mass is 9.88. The van der Waals surface area contributed by atoms with Crippen LogP contribution in [0.15, 0.2) is 24.3 Å². The van der Waals surface area contributed by atoms with Crippen molar-refractivity contribution in [3.63, 3.8) is 0 Å². The molecule has 1 heterocycles. The van der Waals surface area contributed by atoms with E-state index in [0.29, 0.717) is 23.7 Å². The topological polar surface area (TPSA) is 46.3 Å². The largest absolute Gasteiger partial charge is 0.390 e. The van der Waals surface area contributed by atoms with Crippen LogP contribution >= 0.6 is 11.3 Å². The summed E-state index contributed by atoms with van der Waals surface area (Å²) < 4.78 is 0. The van der Waals surface area contributed by atoms with Gasteiger partial charge in [0.25, 0.3) is 5.91 Å². The fourth-order valence-electron chi connectivity index (χ4n) is 3.07. The number of amides is 1. The molecule has 0 spiro atoms. The highest BCUT2D eigenvalue weighted by atomic mass is 32.1. The molecule has 0 saturated carbocycles. The van der Waals surface area contributed by atoms with Crippen molar-refractivity contribution < 1.29 is 4.79 Å². The van der Waals surface area contributed by atoms with Gasteiger partial charge in [-0.1, -0.05) is 24.3 Å². The molecule has 0 atom stereocenters.